The SMILES string of the molecule is CC(C)(C)SCC1CCC(CCc2ccc(C(=O)NC3CCCCC3)cc2)CC1. The van der Waals surface area contributed by atoms with E-state index in [1.54, 1.807) is 0 Å². The Bertz CT molecular complexity index is 619. The lowest BCUT2D eigenvalue weighted by atomic mass is 9.80. The maximum absolute atomic E-state index is 12.5. The number of hydrogen-bond acceptors (Lipinski definition) is 2. The van der Waals surface area contributed by atoms with E-state index in [1.165, 1.54) is 62.7 Å². The van der Waals surface area contributed by atoms with Crippen LogP contribution in [0.5, 0.6) is 0 Å². The third-order valence-electron chi connectivity index (χ3n) is 6.72. The summed E-state index contributed by atoms with van der Waals surface area (Å²) in [6.45, 7) is 6.98. The third-order valence-corrected chi connectivity index (χ3v) is 8.22. The molecular weight excluding hydrogens is 374 g/mol. The van der Waals surface area contributed by atoms with E-state index in [1.807, 2.05) is 12.1 Å². The van der Waals surface area contributed by atoms with Gasteiger partial charge in [0.05, 0.1) is 0 Å². The van der Waals surface area contributed by atoms with Crippen LogP contribution in [-0.4, -0.2) is 22.4 Å². The first kappa shape index (κ1) is 22.7. The van der Waals surface area contributed by atoms with Crippen molar-refractivity contribution in [1.29, 1.82) is 0 Å². The Morgan fingerprint density at radius 1 is 0.931 bits per heavy atom. The molecule has 0 heterocycles. The Morgan fingerprint density at radius 3 is 2.17 bits per heavy atom. The first-order valence-electron chi connectivity index (χ1n) is 11.9. The molecule has 1 aromatic carbocycles. The fraction of sp³-hybridized carbons (Fsp3) is 0.731. The van der Waals surface area contributed by atoms with Crippen molar-refractivity contribution < 1.29 is 4.79 Å². The van der Waals surface area contributed by atoms with Crippen LogP contribution < -0.4 is 5.32 Å². The van der Waals surface area contributed by atoms with E-state index in [2.05, 4.69) is 50.0 Å². The minimum Gasteiger partial charge on any atom is -0.349 e. The summed E-state index contributed by atoms with van der Waals surface area (Å²) in [5.74, 6) is 3.26. The molecule has 0 bridgehead atoms. The van der Waals surface area contributed by atoms with Crippen molar-refractivity contribution >= 4 is 17.7 Å². The van der Waals surface area contributed by atoms with E-state index in [0.717, 1.165) is 36.7 Å². The second-order valence-corrected chi connectivity index (χ2v) is 12.2. The molecule has 2 saturated carbocycles. The molecule has 0 saturated heterocycles. The van der Waals surface area contributed by atoms with Crippen molar-refractivity contribution in [1.82, 2.24) is 5.32 Å². The molecule has 2 aliphatic rings. The predicted molar refractivity (Wildman–Crippen MR) is 127 cm³/mol. The van der Waals surface area contributed by atoms with Gasteiger partial charge in [-0.2, -0.15) is 11.8 Å². The summed E-state index contributed by atoms with van der Waals surface area (Å²) in [7, 11) is 0. The van der Waals surface area contributed by atoms with Gasteiger partial charge in [-0.25, -0.2) is 0 Å². The summed E-state index contributed by atoms with van der Waals surface area (Å²) >= 11 is 2.13. The molecule has 0 radical (unpaired) electrons. The Kier molecular flexibility index (Phi) is 8.53. The van der Waals surface area contributed by atoms with Crippen molar-refractivity contribution in [2.75, 3.05) is 5.75 Å². The van der Waals surface area contributed by atoms with E-state index in [0.29, 0.717) is 10.8 Å². The minimum atomic E-state index is 0.106. The average Bonchev–Trinajstić information content (AvgIpc) is 2.72. The van der Waals surface area contributed by atoms with Gasteiger partial charge in [-0.3, -0.25) is 4.79 Å². The monoisotopic (exact) mass is 415 g/mol. The third kappa shape index (κ3) is 8.00. The quantitative estimate of drug-likeness (QED) is 0.518. The smallest absolute Gasteiger partial charge is 0.251 e. The van der Waals surface area contributed by atoms with Crippen molar-refractivity contribution in [3.63, 3.8) is 0 Å². The fourth-order valence-corrected chi connectivity index (χ4v) is 5.83. The van der Waals surface area contributed by atoms with Crippen molar-refractivity contribution in [2.45, 2.75) is 102 Å². The highest BCUT2D eigenvalue weighted by atomic mass is 32.2. The highest BCUT2D eigenvalue weighted by Crippen LogP contribution is 2.36. The van der Waals surface area contributed by atoms with E-state index < -0.39 is 0 Å². The molecular formula is C26H41NOS. The number of rotatable bonds is 7. The topological polar surface area (TPSA) is 29.1 Å². The van der Waals surface area contributed by atoms with E-state index >= 15 is 0 Å². The van der Waals surface area contributed by atoms with E-state index in [-0.39, 0.29) is 5.91 Å². The van der Waals surface area contributed by atoms with Crippen LogP contribution in [-0.2, 0) is 6.42 Å². The molecule has 2 fully saturated rings. The normalized spacial score (nSPS) is 23.7. The number of carbonyl (C=O) groups excluding carboxylic acids is 1. The van der Waals surface area contributed by atoms with Gasteiger partial charge in [0.2, 0.25) is 0 Å². The van der Waals surface area contributed by atoms with Gasteiger partial charge in [0, 0.05) is 16.4 Å². The molecule has 29 heavy (non-hydrogen) atoms. The zero-order valence-electron chi connectivity index (χ0n) is 18.8. The molecule has 0 atom stereocenters. The lowest BCUT2D eigenvalue weighted by molar-refractivity contribution is 0.0927. The molecule has 162 valence electrons. The second-order valence-electron chi connectivity index (χ2n) is 10.4. The molecule has 3 heteroatoms. The molecule has 1 aromatic rings. The average molecular weight is 416 g/mol. The van der Waals surface area contributed by atoms with Crippen LogP contribution in [0, 0.1) is 11.8 Å². The maximum Gasteiger partial charge on any atom is 0.251 e. The number of nitrogens with one attached hydrogen (secondary N) is 1. The zero-order valence-corrected chi connectivity index (χ0v) is 19.7. The largest absolute Gasteiger partial charge is 0.349 e. The van der Waals surface area contributed by atoms with Crippen molar-refractivity contribution in [3.05, 3.63) is 35.4 Å². The Labute approximate surface area is 183 Å². The number of thioether (sulfide) groups is 1. The summed E-state index contributed by atoms with van der Waals surface area (Å²) < 4.78 is 0.399. The van der Waals surface area contributed by atoms with Gasteiger partial charge in [-0.05, 0) is 73.8 Å². The summed E-state index contributed by atoms with van der Waals surface area (Å²) in [6.07, 6.45) is 14.2. The molecule has 0 aliphatic heterocycles. The molecule has 2 aliphatic carbocycles. The summed E-state index contributed by atoms with van der Waals surface area (Å²) in [4.78, 5) is 12.5. The highest BCUT2D eigenvalue weighted by Gasteiger charge is 2.23. The molecule has 0 spiro atoms. The number of hydrogen-bond donors (Lipinski definition) is 1. The summed E-state index contributed by atoms with van der Waals surface area (Å²) in [6, 6.07) is 8.76. The lowest BCUT2D eigenvalue weighted by Gasteiger charge is -2.30. The first-order chi connectivity index (χ1) is 13.9. The standard InChI is InChI=1S/C26H41NOS/c1-26(2,3)29-19-22-13-11-20(12-14-22)9-10-21-15-17-23(18-16-21)25(28)27-24-7-5-4-6-8-24/h15-18,20,22,24H,4-14,19H2,1-3H3,(H,27,28). The number of benzene rings is 1. The molecule has 1 amide bonds. The lowest BCUT2D eigenvalue weighted by Crippen LogP contribution is -2.36. The van der Waals surface area contributed by atoms with Crippen LogP contribution in [0.25, 0.3) is 0 Å². The van der Waals surface area contributed by atoms with Crippen molar-refractivity contribution in [2.24, 2.45) is 11.8 Å². The van der Waals surface area contributed by atoms with E-state index in [9.17, 15) is 4.79 Å². The van der Waals surface area contributed by atoms with Gasteiger partial charge in [0.25, 0.3) is 5.91 Å². The van der Waals surface area contributed by atoms with E-state index in [4.69, 9.17) is 0 Å². The number of carbonyl (C=O) groups is 1. The van der Waals surface area contributed by atoms with Gasteiger partial charge in [0.1, 0.15) is 0 Å². The number of aryl methyl sites for hydroxylation is 1. The van der Waals surface area contributed by atoms with Crippen LogP contribution in [0.2, 0.25) is 0 Å². The Balaban J connectivity index is 1.36. The van der Waals surface area contributed by atoms with Crippen molar-refractivity contribution in [3.8, 4) is 0 Å². The molecule has 0 aromatic heterocycles. The van der Waals surface area contributed by atoms with Crippen LogP contribution in [0.3, 0.4) is 0 Å². The summed E-state index contributed by atoms with van der Waals surface area (Å²) in [5, 5.41) is 3.22. The predicted octanol–water partition coefficient (Wildman–Crippen LogP) is 7.02. The first-order valence-corrected chi connectivity index (χ1v) is 12.9. The van der Waals surface area contributed by atoms with Crippen LogP contribution in [0.15, 0.2) is 24.3 Å². The van der Waals surface area contributed by atoms with Gasteiger partial charge >= 0.3 is 0 Å². The highest BCUT2D eigenvalue weighted by molar-refractivity contribution is 8.00. The van der Waals surface area contributed by atoms with Crippen LogP contribution in [0.1, 0.15) is 101 Å². The fourth-order valence-electron chi connectivity index (χ4n) is 4.76. The molecule has 1 N–H and O–H groups in total. The molecule has 0 unspecified atom stereocenters. The Hall–Kier alpha value is -0.960. The maximum atomic E-state index is 12.5. The summed E-state index contributed by atoms with van der Waals surface area (Å²) in [5.41, 5.74) is 2.20. The molecule has 3 rings (SSSR count). The Morgan fingerprint density at radius 2 is 1.55 bits per heavy atom. The van der Waals surface area contributed by atoms with Crippen LogP contribution in [0.4, 0.5) is 0 Å². The molecule has 2 nitrogen and oxygen atoms in total. The second kappa shape index (κ2) is 10.9. The van der Waals surface area contributed by atoms with Gasteiger partial charge < -0.3 is 5.32 Å². The van der Waals surface area contributed by atoms with Gasteiger partial charge in [0.15, 0.2) is 0 Å². The van der Waals surface area contributed by atoms with Gasteiger partial charge in [-0.1, -0.05) is 65.0 Å². The van der Waals surface area contributed by atoms with Gasteiger partial charge in [-0.15, -0.1) is 0 Å². The number of amides is 1. The minimum absolute atomic E-state index is 0.106. The zero-order chi connectivity index (χ0) is 20.7. The van der Waals surface area contributed by atoms with Crippen LogP contribution >= 0.6 is 11.8 Å².